The number of benzene rings is 1. The summed E-state index contributed by atoms with van der Waals surface area (Å²) in [4.78, 5) is 10.9. The van der Waals surface area contributed by atoms with Crippen LogP contribution in [0.15, 0.2) is 18.2 Å². The molecule has 0 spiro atoms. The van der Waals surface area contributed by atoms with Gasteiger partial charge in [-0.3, -0.25) is 4.79 Å². The van der Waals surface area contributed by atoms with E-state index in [4.69, 9.17) is 11.6 Å². The summed E-state index contributed by atoms with van der Waals surface area (Å²) in [6.07, 6.45) is 0. The van der Waals surface area contributed by atoms with E-state index >= 15 is 0 Å². The van der Waals surface area contributed by atoms with E-state index in [1.807, 2.05) is 0 Å². The van der Waals surface area contributed by atoms with Crippen LogP contribution in [0.25, 0.3) is 0 Å². The highest BCUT2D eigenvalue weighted by atomic mass is 35.5. The van der Waals surface area contributed by atoms with Gasteiger partial charge in [0.1, 0.15) is 5.82 Å². The molecular formula is C10H12ClFN2O. The van der Waals surface area contributed by atoms with Crippen LogP contribution in [0.5, 0.6) is 0 Å². The third kappa shape index (κ3) is 3.85. The number of likely N-dealkylation sites (N-methyl/N-ethyl adjacent to an activating group) is 1. The van der Waals surface area contributed by atoms with Gasteiger partial charge in [0.15, 0.2) is 0 Å². The predicted octanol–water partition coefficient (Wildman–Crippen LogP) is 1.31. The van der Waals surface area contributed by atoms with Gasteiger partial charge in [0, 0.05) is 13.6 Å². The van der Waals surface area contributed by atoms with Crippen molar-refractivity contribution in [1.29, 1.82) is 0 Å². The van der Waals surface area contributed by atoms with Crippen molar-refractivity contribution < 1.29 is 9.18 Å². The molecule has 3 nitrogen and oxygen atoms in total. The molecule has 1 aromatic carbocycles. The van der Waals surface area contributed by atoms with Crippen LogP contribution in [0.4, 0.5) is 4.39 Å². The lowest BCUT2D eigenvalue weighted by Crippen LogP contribution is -2.30. The van der Waals surface area contributed by atoms with Crippen LogP contribution in [0.1, 0.15) is 5.56 Å². The standard InChI is InChI=1S/C10H12ClFN2O/c1-13-10(15)6-14-5-7-2-3-8(11)9(12)4-7/h2-4,14H,5-6H2,1H3,(H,13,15). The van der Waals surface area contributed by atoms with Crippen molar-refractivity contribution in [2.75, 3.05) is 13.6 Å². The molecule has 0 unspecified atom stereocenters. The van der Waals surface area contributed by atoms with Gasteiger partial charge < -0.3 is 10.6 Å². The molecule has 0 aromatic heterocycles. The van der Waals surface area contributed by atoms with Crippen molar-refractivity contribution in [1.82, 2.24) is 10.6 Å². The highest BCUT2D eigenvalue weighted by molar-refractivity contribution is 6.30. The Morgan fingerprint density at radius 1 is 1.53 bits per heavy atom. The third-order valence-corrected chi connectivity index (χ3v) is 2.18. The zero-order valence-electron chi connectivity index (χ0n) is 8.31. The topological polar surface area (TPSA) is 41.1 Å². The fourth-order valence-electron chi connectivity index (χ4n) is 1.06. The second kappa shape index (κ2) is 5.68. The Balaban J connectivity index is 2.44. The van der Waals surface area contributed by atoms with Crippen LogP contribution in [-0.4, -0.2) is 19.5 Å². The second-order valence-electron chi connectivity index (χ2n) is 3.03. The molecule has 0 saturated carbocycles. The van der Waals surface area contributed by atoms with E-state index in [-0.39, 0.29) is 17.5 Å². The van der Waals surface area contributed by atoms with E-state index in [9.17, 15) is 9.18 Å². The van der Waals surface area contributed by atoms with Crippen molar-refractivity contribution in [3.8, 4) is 0 Å². The number of halogens is 2. The van der Waals surface area contributed by atoms with Gasteiger partial charge in [0.2, 0.25) is 5.91 Å². The van der Waals surface area contributed by atoms with E-state index in [0.717, 1.165) is 5.56 Å². The molecule has 5 heteroatoms. The predicted molar refractivity (Wildman–Crippen MR) is 57.2 cm³/mol. The monoisotopic (exact) mass is 230 g/mol. The van der Waals surface area contributed by atoms with Crippen molar-refractivity contribution in [2.45, 2.75) is 6.54 Å². The molecular weight excluding hydrogens is 219 g/mol. The number of rotatable bonds is 4. The van der Waals surface area contributed by atoms with Crippen molar-refractivity contribution in [3.63, 3.8) is 0 Å². The Kier molecular flexibility index (Phi) is 4.52. The van der Waals surface area contributed by atoms with Crippen molar-refractivity contribution >= 4 is 17.5 Å². The van der Waals surface area contributed by atoms with Crippen LogP contribution in [0.2, 0.25) is 5.02 Å². The molecule has 0 bridgehead atoms. The summed E-state index contributed by atoms with van der Waals surface area (Å²) in [7, 11) is 1.56. The van der Waals surface area contributed by atoms with Crippen molar-refractivity contribution in [2.24, 2.45) is 0 Å². The first-order valence-corrected chi connectivity index (χ1v) is 4.86. The largest absolute Gasteiger partial charge is 0.358 e. The number of hydrogen-bond acceptors (Lipinski definition) is 2. The SMILES string of the molecule is CNC(=O)CNCc1ccc(Cl)c(F)c1. The molecule has 0 radical (unpaired) electrons. The molecule has 1 aromatic rings. The molecule has 1 rings (SSSR count). The molecule has 0 aliphatic carbocycles. The Morgan fingerprint density at radius 2 is 2.27 bits per heavy atom. The van der Waals surface area contributed by atoms with Gasteiger partial charge in [-0.25, -0.2) is 4.39 Å². The Morgan fingerprint density at radius 3 is 2.87 bits per heavy atom. The Bertz CT molecular complexity index is 357. The Hall–Kier alpha value is -1.13. The first-order chi connectivity index (χ1) is 7.13. The number of hydrogen-bond donors (Lipinski definition) is 2. The summed E-state index contributed by atoms with van der Waals surface area (Å²) in [5, 5.41) is 5.45. The number of carbonyl (C=O) groups excluding carboxylic acids is 1. The highest BCUT2D eigenvalue weighted by Crippen LogP contribution is 2.15. The second-order valence-corrected chi connectivity index (χ2v) is 3.43. The first kappa shape index (κ1) is 11.9. The zero-order valence-corrected chi connectivity index (χ0v) is 9.07. The van der Waals surface area contributed by atoms with E-state index in [1.165, 1.54) is 12.1 Å². The van der Waals surface area contributed by atoms with Gasteiger partial charge in [0.25, 0.3) is 0 Å². The van der Waals surface area contributed by atoms with E-state index in [1.54, 1.807) is 13.1 Å². The molecule has 0 heterocycles. The van der Waals surface area contributed by atoms with Gasteiger partial charge in [-0.2, -0.15) is 0 Å². The summed E-state index contributed by atoms with van der Waals surface area (Å²) in [6.45, 7) is 0.641. The van der Waals surface area contributed by atoms with Gasteiger partial charge in [-0.1, -0.05) is 17.7 Å². The maximum absolute atomic E-state index is 13.0. The van der Waals surface area contributed by atoms with Crippen LogP contribution in [0, 0.1) is 5.82 Å². The van der Waals surface area contributed by atoms with Crippen LogP contribution in [-0.2, 0) is 11.3 Å². The van der Waals surface area contributed by atoms with Crippen molar-refractivity contribution in [3.05, 3.63) is 34.6 Å². The lowest BCUT2D eigenvalue weighted by atomic mass is 10.2. The molecule has 15 heavy (non-hydrogen) atoms. The van der Waals surface area contributed by atoms with Gasteiger partial charge in [0.05, 0.1) is 11.6 Å². The minimum atomic E-state index is -0.448. The maximum Gasteiger partial charge on any atom is 0.233 e. The van der Waals surface area contributed by atoms with E-state index in [0.29, 0.717) is 6.54 Å². The maximum atomic E-state index is 13.0. The fraction of sp³-hybridized carbons (Fsp3) is 0.300. The third-order valence-electron chi connectivity index (χ3n) is 1.88. The lowest BCUT2D eigenvalue weighted by molar-refractivity contribution is -0.119. The summed E-state index contributed by atoms with van der Waals surface area (Å²) < 4.78 is 13.0. The smallest absolute Gasteiger partial charge is 0.233 e. The molecule has 0 fully saturated rings. The van der Waals surface area contributed by atoms with Crippen LogP contribution < -0.4 is 10.6 Å². The summed E-state index contributed by atoms with van der Waals surface area (Å²) in [5.74, 6) is -0.555. The average molecular weight is 231 g/mol. The van der Waals surface area contributed by atoms with E-state index < -0.39 is 5.82 Å². The lowest BCUT2D eigenvalue weighted by Gasteiger charge is -2.04. The average Bonchev–Trinajstić information content (AvgIpc) is 2.23. The first-order valence-electron chi connectivity index (χ1n) is 4.48. The highest BCUT2D eigenvalue weighted by Gasteiger charge is 2.01. The molecule has 82 valence electrons. The molecule has 0 atom stereocenters. The number of amides is 1. The quantitative estimate of drug-likeness (QED) is 0.819. The summed E-state index contributed by atoms with van der Waals surface area (Å²) in [5.41, 5.74) is 0.751. The summed E-state index contributed by atoms with van der Waals surface area (Å²) >= 11 is 5.53. The number of carbonyl (C=O) groups is 1. The van der Waals surface area contributed by atoms with Gasteiger partial charge in [-0.15, -0.1) is 0 Å². The minimum absolute atomic E-state index is 0.102. The molecule has 2 N–H and O–H groups in total. The zero-order chi connectivity index (χ0) is 11.3. The van der Waals surface area contributed by atoms with Gasteiger partial charge in [-0.05, 0) is 17.7 Å². The van der Waals surface area contributed by atoms with Crippen LogP contribution in [0.3, 0.4) is 0 Å². The normalized spacial score (nSPS) is 10.1. The molecule has 0 saturated heterocycles. The molecule has 0 aliphatic heterocycles. The molecule has 0 aliphatic rings. The number of nitrogens with one attached hydrogen (secondary N) is 2. The minimum Gasteiger partial charge on any atom is -0.358 e. The van der Waals surface area contributed by atoms with E-state index in [2.05, 4.69) is 10.6 Å². The Labute approximate surface area is 92.6 Å². The van der Waals surface area contributed by atoms with Crippen LogP contribution >= 0.6 is 11.6 Å². The van der Waals surface area contributed by atoms with Gasteiger partial charge >= 0.3 is 0 Å². The summed E-state index contributed by atoms with van der Waals surface area (Å²) in [6, 6.07) is 4.55. The fourth-order valence-corrected chi connectivity index (χ4v) is 1.18. The molecule has 1 amide bonds.